The van der Waals surface area contributed by atoms with Crippen molar-refractivity contribution in [1.82, 2.24) is 4.90 Å². The fourth-order valence-electron chi connectivity index (χ4n) is 2.11. The van der Waals surface area contributed by atoms with Gasteiger partial charge in [0, 0.05) is 25.2 Å². The molecule has 0 atom stereocenters. The van der Waals surface area contributed by atoms with E-state index < -0.39 is 5.97 Å². The largest absolute Gasteiger partial charge is 0.481 e. The first-order valence-corrected chi connectivity index (χ1v) is 7.43. The van der Waals surface area contributed by atoms with Crippen molar-refractivity contribution in [3.8, 4) is 0 Å². The zero-order valence-corrected chi connectivity index (χ0v) is 12.8. The second kappa shape index (κ2) is 9.00. The predicted molar refractivity (Wildman–Crippen MR) is 83.6 cm³/mol. The van der Waals surface area contributed by atoms with Crippen LogP contribution < -0.4 is 5.32 Å². The topological polar surface area (TPSA) is 69.6 Å². The van der Waals surface area contributed by atoms with Crippen molar-refractivity contribution in [3.63, 3.8) is 0 Å². The number of carbonyl (C=O) groups excluding carboxylic acids is 1. The summed E-state index contributed by atoms with van der Waals surface area (Å²) in [7, 11) is 0. The first-order valence-electron chi connectivity index (χ1n) is 7.43. The number of urea groups is 1. The number of nitrogens with one attached hydrogen (secondary N) is 1. The van der Waals surface area contributed by atoms with E-state index in [1.807, 2.05) is 38.1 Å². The molecule has 5 nitrogen and oxygen atoms in total. The zero-order valence-electron chi connectivity index (χ0n) is 12.8. The van der Waals surface area contributed by atoms with Crippen LogP contribution in [0.3, 0.4) is 0 Å². The first kappa shape index (κ1) is 17.0. The van der Waals surface area contributed by atoms with Crippen LogP contribution in [0.2, 0.25) is 0 Å². The van der Waals surface area contributed by atoms with E-state index in [9.17, 15) is 9.59 Å². The fraction of sp³-hybridized carbons (Fsp3) is 0.500. The van der Waals surface area contributed by atoms with E-state index >= 15 is 0 Å². The normalized spacial score (nSPS) is 10.2. The van der Waals surface area contributed by atoms with Crippen molar-refractivity contribution in [2.45, 2.75) is 39.5 Å². The second-order valence-electron chi connectivity index (χ2n) is 5.01. The molecule has 0 unspecified atom stereocenters. The van der Waals surface area contributed by atoms with Crippen molar-refractivity contribution < 1.29 is 14.7 Å². The Hall–Kier alpha value is -2.04. The quantitative estimate of drug-likeness (QED) is 0.772. The monoisotopic (exact) mass is 292 g/mol. The maximum absolute atomic E-state index is 12.2. The summed E-state index contributed by atoms with van der Waals surface area (Å²) >= 11 is 0. The molecule has 0 bridgehead atoms. The SMILES string of the molecule is CCCN(CCC)C(=O)Nc1cccc(CCC(=O)O)c1. The van der Waals surface area contributed by atoms with Crippen LogP contribution >= 0.6 is 0 Å². The van der Waals surface area contributed by atoms with Crippen molar-refractivity contribution >= 4 is 17.7 Å². The van der Waals surface area contributed by atoms with Gasteiger partial charge >= 0.3 is 12.0 Å². The molecule has 1 rings (SSSR count). The molecule has 0 aromatic heterocycles. The highest BCUT2D eigenvalue weighted by atomic mass is 16.4. The maximum Gasteiger partial charge on any atom is 0.321 e. The van der Waals surface area contributed by atoms with Crippen molar-refractivity contribution in [3.05, 3.63) is 29.8 Å². The number of nitrogens with zero attached hydrogens (tertiary/aromatic N) is 1. The number of carbonyl (C=O) groups is 2. The molecule has 0 aliphatic rings. The third-order valence-electron chi connectivity index (χ3n) is 3.08. The fourth-order valence-corrected chi connectivity index (χ4v) is 2.11. The summed E-state index contributed by atoms with van der Waals surface area (Å²) in [5.41, 5.74) is 1.62. The molecule has 0 spiro atoms. The number of amides is 2. The van der Waals surface area contributed by atoms with Gasteiger partial charge in [-0.1, -0.05) is 26.0 Å². The van der Waals surface area contributed by atoms with E-state index in [-0.39, 0.29) is 12.5 Å². The molecule has 1 aromatic rings. The number of hydrogen-bond acceptors (Lipinski definition) is 2. The third-order valence-corrected chi connectivity index (χ3v) is 3.08. The second-order valence-corrected chi connectivity index (χ2v) is 5.01. The van der Waals surface area contributed by atoms with Gasteiger partial charge in [0.2, 0.25) is 0 Å². The molecule has 0 saturated heterocycles. The summed E-state index contributed by atoms with van der Waals surface area (Å²) in [6, 6.07) is 7.24. The standard InChI is InChI=1S/C16H24N2O3/c1-3-10-18(11-4-2)16(21)17-14-7-5-6-13(12-14)8-9-15(19)20/h5-7,12H,3-4,8-11H2,1-2H3,(H,17,21)(H,19,20). The summed E-state index contributed by atoms with van der Waals surface area (Å²) < 4.78 is 0. The number of aliphatic carboxylic acids is 1. The molecule has 0 fully saturated rings. The van der Waals surface area contributed by atoms with Crippen LogP contribution in [0.15, 0.2) is 24.3 Å². The van der Waals surface area contributed by atoms with Crippen LogP contribution in [-0.2, 0) is 11.2 Å². The van der Waals surface area contributed by atoms with Crippen LogP contribution in [0, 0.1) is 0 Å². The van der Waals surface area contributed by atoms with Gasteiger partial charge in [0.25, 0.3) is 0 Å². The van der Waals surface area contributed by atoms with Gasteiger partial charge in [-0.15, -0.1) is 0 Å². The Morgan fingerprint density at radius 3 is 2.43 bits per heavy atom. The average molecular weight is 292 g/mol. The predicted octanol–water partition coefficient (Wildman–Crippen LogP) is 3.36. The van der Waals surface area contributed by atoms with Gasteiger partial charge in [0.05, 0.1) is 0 Å². The van der Waals surface area contributed by atoms with Crippen LogP contribution in [0.25, 0.3) is 0 Å². The number of aryl methyl sites for hydroxylation is 1. The number of hydrogen-bond donors (Lipinski definition) is 2. The molecule has 0 aliphatic heterocycles. The molecular weight excluding hydrogens is 268 g/mol. The Bertz CT molecular complexity index is 468. The minimum atomic E-state index is -0.818. The van der Waals surface area contributed by atoms with Gasteiger partial charge in [-0.3, -0.25) is 4.79 Å². The lowest BCUT2D eigenvalue weighted by atomic mass is 10.1. The molecule has 1 aromatic carbocycles. The van der Waals surface area contributed by atoms with E-state index in [0.717, 1.165) is 31.5 Å². The highest BCUT2D eigenvalue weighted by molar-refractivity contribution is 5.89. The number of anilines is 1. The smallest absolute Gasteiger partial charge is 0.321 e. The van der Waals surface area contributed by atoms with Gasteiger partial charge in [-0.05, 0) is 37.0 Å². The van der Waals surface area contributed by atoms with Gasteiger partial charge in [0.15, 0.2) is 0 Å². The average Bonchev–Trinajstić information content (AvgIpc) is 2.45. The van der Waals surface area contributed by atoms with E-state index in [2.05, 4.69) is 5.32 Å². The van der Waals surface area contributed by atoms with Crippen molar-refractivity contribution in [2.24, 2.45) is 0 Å². The molecule has 0 saturated carbocycles. The van der Waals surface area contributed by atoms with Crippen LogP contribution in [0.5, 0.6) is 0 Å². The van der Waals surface area contributed by atoms with Gasteiger partial charge in [-0.2, -0.15) is 0 Å². The Labute approximate surface area is 126 Å². The number of carboxylic acids is 1. The molecule has 0 heterocycles. The molecule has 116 valence electrons. The lowest BCUT2D eigenvalue weighted by Gasteiger charge is -2.22. The Balaban J connectivity index is 2.66. The van der Waals surface area contributed by atoms with Crippen LogP contribution in [0.4, 0.5) is 10.5 Å². The summed E-state index contributed by atoms with van der Waals surface area (Å²) in [6.07, 6.45) is 2.40. The Morgan fingerprint density at radius 2 is 1.86 bits per heavy atom. The molecule has 5 heteroatoms. The lowest BCUT2D eigenvalue weighted by Crippen LogP contribution is -2.36. The van der Waals surface area contributed by atoms with Crippen LogP contribution in [-0.4, -0.2) is 35.1 Å². The van der Waals surface area contributed by atoms with Crippen molar-refractivity contribution in [2.75, 3.05) is 18.4 Å². The van der Waals surface area contributed by atoms with E-state index in [1.165, 1.54) is 0 Å². The molecule has 21 heavy (non-hydrogen) atoms. The van der Waals surface area contributed by atoms with Gasteiger partial charge in [0.1, 0.15) is 0 Å². The molecule has 0 aliphatic carbocycles. The molecule has 2 N–H and O–H groups in total. The summed E-state index contributed by atoms with van der Waals surface area (Å²) in [5, 5.41) is 11.6. The number of carboxylic acid groups (broad SMARTS) is 1. The minimum absolute atomic E-state index is 0.0925. The molecular formula is C16H24N2O3. The summed E-state index contributed by atoms with van der Waals surface area (Å²) in [6.45, 7) is 5.56. The Kier molecular flexibility index (Phi) is 7.29. The number of benzene rings is 1. The zero-order chi connectivity index (χ0) is 15.7. The van der Waals surface area contributed by atoms with E-state index in [4.69, 9.17) is 5.11 Å². The molecule has 2 amide bonds. The summed E-state index contributed by atoms with van der Waals surface area (Å²) in [5.74, 6) is -0.818. The van der Waals surface area contributed by atoms with Crippen LogP contribution in [0.1, 0.15) is 38.7 Å². The van der Waals surface area contributed by atoms with Gasteiger partial charge in [-0.25, -0.2) is 4.79 Å². The third kappa shape index (κ3) is 6.29. The van der Waals surface area contributed by atoms with E-state index in [1.54, 1.807) is 4.90 Å². The Morgan fingerprint density at radius 1 is 1.19 bits per heavy atom. The summed E-state index contributed by atoms with van der Waals surface area (Å²) in [4.78, 5) is 24.6. The lowest BCUT2D eigenvalue weighted by molar-refractivity contribution is -0.136. The number of rotatable bonds is 8. The highest BCUT2D eigenvalue weighted by Gasteiger charge is 2.11. The van der Waals surface area contributed by atoms with Crippen molar-refractivity contribution in [1.29, 1.82) is 0 Å². The first-order chi connectivity index (χ1) is 10.1. The van der Waals surface area contributed by atoms with E-state index in [0.29, 0.717) is 12.1 Å². The minimum Gasteiger partial charge on any atom is -0.481 e. The highest BCUT2D eigenvalue weighted by Crippen LogP contribution is 2.13. The maximum atomic E-state index is 12.2. The molecule has 0 radical (unpaired) electrons. The van der Waals surface area contributed by atoms with Gasteiger partial charge < -0.3 is 15.3 Å².